The summed E-state index contributed by atoms with van der Waals surface area (Å²) in [5.41, 5.74) is 47.5. The average molecular weight is 1880 g/mol. The molecule has 0 spiro atoms. The lowest BCUT2D eigenvalue weighted by Crippen LogP contribution is -2.15. The molecule has 0 saturated heterocycles. The maximum absolute atomic E-state index is 5.65. The van der Waals surface area contributed by atoms with Gasteiger partial charge in [-0.25, -0.2) is 9.97 Å². The van der Waals surface area contributed by atoms with Crippen LogP contribution in [0.3, 0.4) is 0 Å². The predicted octanol–water partition coefficient (Wildman–Crippen LogP) is 36.0. The van der Waals surface area contributed by atoms with Crippen LogP contribution in [0.15, 0.2) is 461 Å². The zero-order valence-corrected chi connectivity index (χ0v) is 82.0. The van der Waals surface area contributed by atoms with Gasteiger partial charge in [0.25, 0.3) is 0 Å². The number of nitrogens with zero attached hydrogens (tertiary/aromatic N) is 8. The van der Waals surface area contributed by atoms with Crippen molar-refractivity contribution in [3.8, 4) is 135 Å². The minimum absolute atomic E-state index is 0.142. The lowest BCUT2D eigenvalue weighted by molar-refractivity contribution is 0.660. The van der Waals surface area contributed by atoms with Gasteiger partial charge in [-0.2, -0.15) is 0 Å². The molecule has 0 fully saturated rings. The van der Waals surface area contributed by atoms with E-state index < -0.39 is 0 Å². The third-order valence-electron chi connectivity index (χ3n) is 33.5. The Labute approximate surface area is 849 Å². The summed E-state index contributed by atoms with van der Waals surface area (Å²) >= 11 is 0. The summed E-state index contributed by atoms with van der Waals surface area (Å²) in [5, 5.41) is 14.5. The Morgan fingerprint density at radius 1 is 0.143 bits per heavy atom. The van der Waals surface area contributed by atoms with Crippen molar-refractivity contribution in [1.29, 1.82) is 0 Å². The first-order valence-electron chi connectivity index (χ1n) is 51.3. The summed E-state index contributed by atoms with van der Waals surface area (Å²) in [6.07, 6.45) is 0. The van der Waals surface area contributed by atoms with E-state index in [0.29, 0.717) is 5.82 Å². The molecule has 28 aromatic rings. The van der Waals surface area contributed by atoms with Crippen LogP contribution in [-0.2, 0) is 16.2 Å². The highest BCUT2D eigenvalue weighted by atomic mass is 15.0. The van der Waals surface area contributed by atoms with Crippen LogP contribution >= 0.6 is 0 Å². The summed E-state index contributed by atoms with van der Waals surface area (Å²) in [4.78, 5) is 11.3. The Hall–Kier alpha value is -18.5. The lowest BCUT2D eigenvalue weighted by atomic mass is 9.82. The minimum Gasteiger partial charge on any atom is -0.309 e. The molecule has 690 valence electrons. The van der Waals surface area contributed by atoms with Crippen LogP contribution in [0, 0.1) is 0 Å². The van der Waals surface area contributed by atoms with Crippen molar-refractivity contribution < 1.29 is 0 Å². The van der Waals surface area contributed by atoms with Crippen LogP contribution in [0.25, 0.3) is 266 Å². The maximum atomic E-state index is 5.65. The van der Waals surface area contributed by atoms with Gasteiger partial charge in [0.15, 0.2) is 5.82 Å². The van der Waals surface area contributed by atoms with Crippen molar-refractivity contribution in [3.05, 3.63) is 494 Å². The molecule has 0 amide bonds. The van der Waals surface area contributed by atoms with E-state index in [4.69, 9.17) is 9.97 Å². The number of fused-ring (bicyclic) bond motifs is 27. The van der Waals surface area contributed by atoms with Crippen LogP contribution < -0.4 is 0 Å². The molecule has 0 atom stereocenters. The summed E-state index contributed by atoms with van der Waals surface area (Å²) in [7, 11) is 0. The normalized spacial score (nSPS) is 13.7. The molecule has 7 aromatic heterocycles. The predicted molar refractivity (Wildman–Crippen MR) is 613 cm³/mol. The van der Waals surface area contributed by atoms with Crippen molar-refractivity contribution in [2.75, 3.05) is 0 Å². The molecular formula is C139H94N8. The molecule has 0 bridgehead atoms. The standard InChI is InChI=1S/C139H94N8/c1-137(2)116-34-16-7-25-98(116)101-70-61-95(79-119(101)137)145-127-40-22-13-31-107(127)113-67-52-89(76-133(113)145)86-49-64-110-104-28-10-19-37-124(104)142(130(110)73-86)92-55-43-83(44-56-92)122-82-123(84-45-57-93(58-46-84)143-125-38-20-11-29-105(125)111-65-50-87(74-131(111)143)90-53-68-114-108-32-14-23-41-128(108)146(134(114)77-90)96-62-71-102-99-26-8-17-35-117(99)138(3,4)120(102)80-96)141-136(140-122)85-47-59-94(60-48-85)144-126-39-21-12-30-106(126)112-66-51-88(75-132(112)144)91-54-69-115-109-33-15-24-42-129(109)147(135(115)78-91)97-63-72-103-100-27-9-18-36-118(100)139(5,6)121(103)81-97/h7-82H,1-6H3. The van der Waals surface area contributed by atoms with Crippen molar-refractivity contribution in [1.82, 2.24) is 37.4 Å². The van der Waals surface area contributed by atoms with Crippen LogP contribution in [0.5, 0.6) is 0 Å². The lowest BCUT2D eigenvalue weighted by Gasteiger charge is -2.22. The minimum atomic E-state index is -0.143. The number of rotatable bonds is 12. The number of para-hydroxylation sites is 6. The monoisotopic (exact) mass is 1870 g/mol. The van der Waals surface area contributed by atoms with Crippen LogP contribution in [0.1, 0.15) is 74.9 Å². The van der Waals surface area contributed by atoms with Gasteiger partial charge in [-0.1, -0.05) is 339 Å². The van der Waals surface area contributed by atoms with E-state index in [-0.39, 0.29) is 16.2 Å². The molecule has 0 radical (unpaired) electrons. The molecule has 147 heavy (non-hydrogen) atoms. The first-order valence-corrected chi connectivity index (χ1v) is 51.3. The fraction of sp³-hybridized carbons (Fsp3) is 0.0647. The second-order valence-corrected chi connectivity index (χ2v) is 42.3. The second kappa shape index (κ2) is 30.8. The molecule has 3 aliphatic rings. The number of benzene rings is 21. The van der Waals surface area contributed by atoms with Crippen LogP contribution in [0.2, 0.25) is 0 Å². The molecule has 8 nitrogen and oxygen atoms in total. The summed E-state index contributed by atoms with van der Waals surface area (Å²) in [5.74, 6) is 0.625. The van der Waals surface area contributed by atoms with E-state index in [1.165, 1.54) is 164 Å². The Bertz CT molecular complexity index is 9640. The molecule has 0 N–H and O–H groups in total. The van der Waals surface area contributed by atoms with E-state index >= 15 is 0 Å². The SMILES string of the molecule is CC1(C)c2ccccc2-c2ccc(-n3c4ccccc4c4ccc(-c5ccc6c7ccccc7n(-c7ccc(-c8cc(-c9ccc(-n%10c%11ccccc%11c%11ccc(-c%12ccc%13c%14ccccc%14n(-c%14ccc%15c(c%14)C(C)(C)c%14ccccc%14-%15)c%13c%12)cc%11%10)cc9)nc(-c9ccc(-n%10c%11ccccc%11c%11ccc(-c%12ccc%13c%14ccccc%14n(-c%14ccc%15c(c%14)C(C)(C)c%14ccccc%14-%15)c%13c%12)cc%11%10)cc9)n8)cc7)c6c5)cc43)cc21. The van der Waals surface area contributed by atoms with E-state index in [2.05, 4.69) is 530 Å². The van der Waals surface area contributed by atoms with E-state index in [1.54, 1.807) is 0 Å². The second-order valence-electron chi connectivity index (χ2n) is 42.3. The van der Waals surface area contributed by atoms with Crippen LogP contribution in [0.4, 0.5) is 0 Å². The van der Waals surface area contributed by atoms with Crippen molar-refractivity contribution in [3.63, 3.8) is 0 Å². The van der Waals surface area contributed by atoms with Gasteiger partial charge in [-0.15, -0.1) is 0 Å². The zero-order chi connectivity index (χ0) is 97.3. The van der Waals surface area contributed by atoms with Crippen LogP contribution in [-0.4, -0.2) is 37.4 Å². The fourth-order valence-electron chi connectivity index (χ4n) is 26.3. The van der Waals surface area contributed by atoms with Gasteiger partial charge in [0.2, 0.25) is 0 Å². The van der Waals surface area contributed by atoms with Gasteiger partial charge in [0, 0.05) is 132 Å². The third-order valence-corrected chi connectivity index (χ3v) is 33.5. The Kier molecular flexibility index (Phi) is 17.4. The van der Waals surface area contributed by atoms with Gasteiger partial charge < -0.3 is 27.4 Å². The molecule has 7 heterocycles. The summed E-state index contributed by atoms with van der Waals surface area (Å²) in [6, 6.07) is 173. The Morgan fingerprint density at radius 2 is 0.333 bits per heavy atom. The average Bonchev–Trinajstić information content (AvgIpc) is 1.56. The van der Waals surface area contributed by atoms with Gasteiger partial charge in [0.1, 0.15) is 0 Å². The summed E-state index contributed by atoms with van der Waals surface area (Å²) < 4.78 is 14.8. The highest BCUT2D eigenvalue weighted by Crippen LogP contribution is 2.55. The third kappa shape index (κ3) is 12.1. The smallest absolute Gasteiger partial charge is 0.160 e. The van der Waals surface area contributed by atoms with E-state index in [0.717, 1.165) is 129 Å². The van der Waals surface area contributed by atoms with Gasteiger partial charge in [0.05, 0.1) is 77.6 Å². The molecule has 0 aliphatic heterocycles. The molecular weight excluding hydrogens is 1780 g/mol. The zero-order valence-electron chi connectivity index (χ0n) is 82.0. The van der Waals surface area contributed by atoms with Gasteiger partial charge in [-0.3, -0.25) is 0 Å². The van der Waals surface area contributed by atoms with E-state index in [1.807, 2.05) is 0 Å². The van der Waals surface area contributed by atoms with Crippen molar-refractivity contribution in [2.24, 2.45) is 0 Å². The Balaban J connectivity index is 0.523. The molecule has 21 aromatic carbocycles. The van der Waals surface area contributed by atoms with Crippen molar-refractivity contribution >= 4 is 131 Å². The maximum Gasteiger partial charge on any atom is 0.160 e. The molecule has 0 unspecified atom stereocenters. The van der Waals surface area contributed by atoms with E-state index in [9.17, 15) is 0 Å². The van der Waals surface area contributed by atoms with Gasteiger partial charge in [-0.05, 0) is 264 Å². The number of hydrogen-bond donors (Lipinski definition) is 0. The highest BCUT2D eigenvalue weighted by molar-refractivity contribution is 6.17. The molecule has 0 saturated carbocycles. The number of aromatic nitrogens is 8. The van der Waals surface area contributed by atoms with Crippen molar-refractivity contribution in [2.45, 2.75) is 57.8 Å². The molecule has 3 aliphatic carbocycles. The Morgan fingerprint density at radius 3 is 0.585 bits per heavy atom. The summed E-state index contributed by atoms with van der Waals surface area (Å²) in [6.45, 7) is 14.2. The first kappa shape index (κ1) is 83.2. The van der Waals surface area contributed by atoms with Gasteiger partial charge >= 0.3 is 0 Å². The molecule has 31 rings (SSSR count). The fourth-order valence-corrected chi connectivity index (χ4v) is 26.3. The number of hydrogen-bond acceptors (Lipinski definition) is 2. The first-order chi connectivity index (χ1) is 72.1. The highest BCUT2D eigenvalue weighted by Gasteiger charge is 2.40. The molecule has 8 heteroatoms. The quantitative estimate of drug-likeness (QED) is 0.122. The largest absolute Gasteiger partial charge is 0.309 e. The topological polar surface area (TPSA) is 55.4 Å².